The molecule has 3 aromatic rings. The Labute approximate surface area is 201 Å². The lowest BCUT2D eigenvalue weighted by molar-refractivity contribution is 0.102. The van der Waals surface area contributed by atoms with Gasteiger partial charge in [0.2, 0.25) is 0 Å². The summed E-state index contributed by atoms with van der Waals surface area (Å²) in [5, 5.41) is 5.70. The number of hydrogen-bond acceptors (Lipinski definition) is 5. The average molecular weight is 509 g/mol. The summed E-state index contributed by atoms with van der Waals surface area (Å²) < 4.78 is 6.05. The van der Waals surface area contributed by atoms with Crippen molar-refractivity contribution in [2.45, 2.75) is 26.0 Å². The number of aromatic nitrogens is 1. The van der Waals surface area contributed by atoms with Gasteiger partial charge in [-0.3, -0.25) is 9.78 Å². The summed E-state index contributed by atoms with van der Waals surface area (Å²) >= 11 is 3.48. The molecule has 7 nitrogen and oxygen atoms in total. The number of anilines is 2. The van der Waals surface area contributed by atoms with Crippen LogP contribution >= 0.6 is 15.9 Å². The zero-order chi connectivity index (χ0) is 23.0. The van der Waals surface area contributed by atoms with Crippen molar-refractivity contribution in [2.75, 3.05) is 23.3 Å². The van der Waals surface area contributed by atoms with Crippen molar-refractivity contribution in [2.24, 2.45) is 0 Å². The van der Waals surface area contributed by atoms with Gasteiger partial charge in [-0.1, -0.05) is 34.1 Å². The highest BCUT2D eigenvalue weighted by molar-refractivity contribution is 9.10. The van der Waals surface area contributed by atoms with Crippen molar-refractivity contribution in [3.05, 3.63) is 88.2 Å². The molecule has 0 bridgehead atoms. The van der Waals surface area contributed by atoms with E-state index in [1.165, 1.54) is 0 Å². The Morgan fingerprint density at radius 1 is 1.03 bits per heavy atom. The van der Waals surface area contributed by atoms with Gasteiger partial charge in [0.05, 0.1) is 5.56 Å². The number of amides is 2. The second kappa shape index (κ2) is 11.0. The minimum atomic E-state index is -0.500. The molecule has 1 saturated heterocycles. The summed E-state index contributed by atoms with van der Waals surface area (Å²) in [4.78, 5) is 31.1. The quantitative estimate of drug-likeness (QED) is 0.462. The van der Waals surface area contributed by atoms with Gasteiger partial charge in [-0.05, 0) is 54.8 Å². The minimum Gasteiger partial charge on any atom is -0.445 e. The molecule has 2 heterocycles. The third-order valence-electron chi connectivity index (χ3n) is 5.39. The Morgan fingerprint density at radius 3 is 2.55 bits per heavy atom. The fourth-order valence-corrected chi connectivity index (χ4v) is 4.05. The van der Waals surface area contributed by atoms with Crippen LogP contribution < -0.4 is 15.5 Å². The normalized spacial score (nSPS) is 12.9. The van der Waals surface area contributed by atoms with Crippen LogP contribution in [0.4, 0.5) is 16.2 Å². The smallest absolute Gasteiger partial charge is 0.407 e. The Kier molecular flexibility index (Phi) is 7.57. The molecule has 0 saturated carbocycles. The molecule has 0 aliphatic carbocycles. The molecule has 2 N–H and O–H groups in total. The fraction of sp³-hybridized carbons (Fsp3) is 0.240. The molecule has 33 heavy (non-hydrogen) atoms. The third-order valence-corrected chi connectivity index (χ3v) is 5.88. The monoisotopic (exact) mass is 508 g/mol. The van der Waals surface area contributed by atoms with Crippen LogP contribution in [-0.4, -0.2) is 30.1 Å². The van der Waals surface area contributed by atoms with Crippen molar-refractivity contribution in [1.82, 2.24) is 10.3 Å². The van der Waals surface area contributed by atoms with E-state index in [9.17, 15) is 9.59 Å². The maximum absolute atomic E-state index is 13.0. The zero-order valence-corrected chi connectivity index (χ0v) is 19.7. The molecule has 4 rings (SSSR count). The maximum atomic E-state index is 13.0. The van der Waals surface area contributed by atoms with Crippen LogP contribution in [-0.2, 0) is 17.9 Å². The Hall–Kier alpha value is -3.39. The predicted octanol–water partition coefficient (Wildman–Crippen LogP) is 5.12. The number of hydrogen-bond donors (Lipinski definition) is 2. The molecule has 1 fully saturated rings. The van der Waals surface area contributed by atoms with Gasteiger partial charge >= 0.3 is 6.09 Å². The highest BCUT2D eigenvalue weighted by atomic mass is 79.9. The Bertz CT molecular complexity index is 1100. The molecule has 2 amide bonds. The van der Waals surface area contributed by atoms with Crippen LogP contribution in [0.5, 0.6) is 0 Å². The molecule has 0 unspecified atom stereocenters. The van der Waals surface area contributed by atoms with E-state index in [0.717, 1.165) is 47.2 Å². The van der Waals surface area contributed by atoms with Gasteiger partial charge in [0.25, 0.3) is 5.91 Å². The number of nitrogens with one attached hydrogen (secondary N) is 2. The summed E-state index contributed by atoms with van der Waals surface area (Å²) in [6, 6.07) is 16.8. The van der Waals surface area contributed by atoms with E-state index >= 15 is 0 Å². The van der Waals surface area contributed by atoms with Crippen molar-refractivity contribution >= 4 is 39.3 Å². The third kappa shape index (κ3) is 6.32. The first-order valence-electron chi connectivity index (χ1n) is 10.8. The summed E-state index contributed by atoms with van der Waals surface area (Å²) in [5.74, 6) is -0.150. The lowest BCUT2D eigenvalue weighted by Crippen LogP contribution is -2.23. The van der Waals surface area contributed by atoms with E-state index in [1.54, 1.807) is 18.5 Å². The minimum absolute atomic E-state index is 0.150. The van der Waals surface area contributed by atoms with E-state index in [1.807, 2.05) is 48.5 Å². The number of benzene rings is 2. The van der Waals surface area contributed by atoms with Gasteiger partial charge in [-0.25, -0.2) is 4.79 Å². The number of ether oxygens (including phenoxy) is 1. The van der Waals surface area contributed by atoms with Crippen LogP contribution in [0.25, 0.3) is 0 Å². The molecule has 0 atom stereocenters. The molecule has 2 aromatic carbocycles. The topological polar surface area (TPSA) is 83.6 Å². The van der Waals surface area contributed by atoms with Gasteiger partial charge < -0.3 is 20.3 Å². The fourth-order valence-electron chi connectivity index (χ4n) is 3.69. The first kappa shape index (κ1) is 22.8. The number of alkyl carbamates (subject to hydrolysis) is 1. The lowest BCUT2D eigenvalue weighted by Gasteiger charge is -2.21. The second-order valence-electron chi connectivity index (χ2n) is 7.80. The number of pyridine rings is 1. The van der Waals surface area contributed by atoms with Gasteiger partial charge in [-0.15, -0.1) is 0 Å². The molecular formula is C25H25BrN4O3. The Morgan fingerprint density at radius 2 is 1.82 bits per heavy atom. The standard InChI is InChI=1S/C25H25BrN4O3/c26-20-7-10-23(30-12-1-2-13-30)22(14-20)24(31)29-21-8-5-18(6-9-21)16-28-25(32)33-17-19-4-3-11-27-15-19/h3-11,14-15H,1-2,12-13,16-17H2,(H,28,32)(H,29,31). The number of carbonyl (C=O) groups excluding carboxylic acids is 2. The molecule has 0 spiro atoms. The summed E-state index contributed by atoms with van der Waals surface area (Å²) in [6.07, 6.45) is 5.11. The summed E-state index contributed by atoms with van der Waals surface area (Å²) in [7, 11) is 0. The van der Waals surface area contributed by atoms with E-state index in [-0.39, 0.29) is 12.5 Å². The van der Waals surface area contributed by atoms with E-state index in [4.69, 9.17) is 4.74 Å². The largest absolute Gasteiger partial charge is 0.445 e. The van der Waals surface area contributed by atoms with Crippen LogP contribution in [0.15, 0.2) is 71.5 Å². The van der Waals surface area contributed by atoms with Crippen molar-refractivity contribution in [3.63, 3.8) is 0 Å². The zero-order valence-electron chi connectivity index (χ0n) is 18.1. The predicted molar refractivity (Wildman–Crippen MR) is 131 cm³/mol. The molecule has 1 aliphatic rings. The first-order chi connectivity index (χ1) is 16.1. The van der Waals surface area contributed by atoms with Crippen LogP contribution in [0.2, 0.25) is 0 Å². The molecule has 1 aromatic heterocycles. The summed E-state index contributed by atoms with van der Waals surface area (Å²) in [6.45, 7) is 2.42. The van der Waals surface area contributed by atoms with Gasteiger partial charge in [0.1, 0.15) is 6.61 Å². The van der Waals surface area contributed by atoms with E-state index in [2.05, 4.69) is 36.4 Å². The van der Waals surface area contributed by atoms with E-state index in [0.29, 0.717) is 17.8 Å². The van der Waals surface area contributed by atoms with Gasteiger partial charge in [-0.2, -0.15) is 0 Å². The van der Waals surface area contributed by atoms with Crippen LogP contribution in [0.3, 0.4) is 0 Å². The van der Waals surface area contributed by atoms with Crippen LogP contribution in [0, 0.1) is 0 Å². The number of nitrogens with zero attached hydrogens (tertiary/aromatic N) is 2. The number of halogens is 1. The van der Waals surface area contributed by atoms with E-state index < -0.39 is 6.09 Å². The highest BCUT2D eigenvalue weighted by Crippen LogP contribution is 2.28. The number of carbonyl (C=O) groups is 2. The molecular weight excluding hydrogens is 484 g/mol. The molecule has 8 heteroatoms. The maximum Gasteiger partial charge on any atom is 0.407 e. The SMILES string of the molecule is O=C(NCc1ccc(NC(=O)c2cc(Br)ccc2N2CCCC2)cc1)OCc1cccnc1. The van der Waals surface area contributed by atoms with Crippen molar-refractivity contribution in [1.29, 1.82) is 0 Å². The van der Waals surface area contributed by atoms with Gasteiger partial charge in [0.15, 0.2) is 0 Å². The molecule has 0 radical (unpaired) electrons. The first-order valence-corrected chi connectivity index (χ1v) is 11.6. The summed E-state index contributed by atoms with van der Waals surface area (Å²) in [5.41, 5.74) is 4.01. The van der Waals surface area contributed by atoms with Gasteiger partial charge in [0, 0.05) is 53.4 Å². The molecule has 170 valence electrons. The number of rotatable bonds is 7. The van der Waals surface area contributed by atoms with Crippen LogP contribution in [0.1, 0.15) is 34.3 Å². The Balaban J connectivity index is 1.31. The molecule has 1 aliphatic heterocycles. The highest BCUT2D eigenvalue weighted by Gasteiger charge is 2.20. The lowest BCUT2D eigenvalue weighted by atomic mass is 10.1. The van der Waals surface area contributed by atoms with Crippen molar-refractivity contribution < 1.29 is 14.3 Å². The second-order valence-corrected chi connectivity index (χ2v) is 8.71. The van der Waals surface area contributed by atoms with Crippen molar-refractivity contribution in [3.8, 4) is 0 Å². The average Bonchev–Trinajstić information content (AvgIpc) is 3.38.